The number of nitrogens with zero attached hydrogens (tertiary/aromatic N) is 3. The van der Waals surface area contributed by atoms with Crippen molar-refractivity contribution in [3.8, 4) is 0 Å². The number of hydrazine groups is 1. The number of anilines is 1. The van der Waals surface area contributed by atoms with Gasteiger partial charge in [0.05, 0.1) is 12.2 Å². The summed E-state index contributed by atoms with van der Waals surface area (Å²) in [6.45, 7) is 5.22. The molecule has 1 aliphatic rings. The van der Waals surface area contributed by atoms with Gasteiger partial charge in [0.1, 0.15) is 11.6 Å². The normalized spacial score (nSPS) is 15.7. The number of oxazole rings is 1. The first-order valence-electron chi connectivity index (χ1n) is 11.1. The molecule has 10 heteroatoms. The molecule has 2 aromatic carbocycles. The number of fused-ring (bicyclic) bond motifs is 1. The number of carbonyl (C=O) groups is 3. The quantitative estimate of drug-likeness (QED) is 0.522. The van der Waals surface area contributed by atoms with Crippen LogP contribution in [0.15, 0.2) is 58.2 Å². The summed E-state index contributed by atoms with van der Waals surface area (Å²) in [5.41, 5.74) is 6.19. The van der Waals surface area contributed by atoms with E-state index in [2.05, 4.69) is 15.7 Å². The van der Waals surface area contributed by atoms with E-state index in [0.29, 0.717) is 28.3 Å². The summed E-state index contributed by atoms with van der Waals surface area (Å²) in [5, 5.41) is 3.77. The molecule has 1 aromatic heterocycles. The smallest absolute Gasteiger partial charge is 0.341 e. The fourth-order valence-electron chi connectivity index (χ4n) is 3.96. The monoisotopic (exact) mass is 477 g/mol. The Kier molecular flexibility index (Phi) is 6.46. The van der Waals surface area contributed by atoms with Crippen molar-refractivity contribution in [2.75, 3.05) is 25.6 Å². The average Bonchev–Trinajstić information content (AvgIpc) is 3.19. The SMILES string of the molecule is CCOC(=O)C1=C(C)NC(=O)N(NC(=O)c2ccc3oc(C)nc3c2)C1c1ccc(N(C)C)cc1. The third-order valence-electron chi connectivity index (χ3n) is 5.65. The summed E-state index contributed by atoms with van der Waals surface area (Å²) in [6.07, 6.45) is 0. The molecule has 1 aliphatic heterocycles. The zero-order valence-corrected chi connectivity index (χ0v) is 20.2. The van der Waals surface area contributed by atoms with Crippen LogP contribution in [0.2, 0.25) is 0 Å². The minimum atomic E-state index is -0.902. The van der Waals surface area contributed by atoms with Gasteiger partial charge in [-0.05, 0) is 49.7 Å². The second-order valence-corrected chi connectivity index (χ2v) is 8.30. The number of aromatic nitrogens is 1. The van der Waals surface area contributed by atoms with Gasteiger partial charge in [-0.2, -0.15) is 0 Å². The summed E-state index contributed by atoms with van der Waals surface area (Å²) < 4.78 is 10.7. The predicted octanol–water partition coefficient (Wildman–Crippen LogP) is 3.45. The van der Waals surface area contributed by atoms with Crippen LogP contribution in [0.4, 0.5) is 10.5 Å². The lowest BCUT2D eigenvalue weighted by Gasteiger charge is -2.37. The molecule has 0 radical (unpaired) electrons. The third kappa shape index (κ3) is 4.68. The van der Waals surface area contributed by atoms with E-state index in [0.717, 1.165) is 10.7 Å². The Morgan fingerprint density at radius 1 is 1.17 bits per heavy atom. The molecule has 4 rings (SSSR count). The largest absolute Gasteiger partial charge is 0.463 e. The molecule has 0 aliphatic carbocycles. The Labute approximate surface area is 202 Å². The van der Waals surface area contributed by atoms with Crippen molar-refractivity contribution in [3.63, 3.8) is 0 Å². The second-order valence-electron chi connectivity index (χ2n) is 8.30. The van der Waals surface area contributed by atoms with E-state index in [1.165, 1.54) is 0 Å². The summed E-state index contributed by atoms with van der Waals surface area (Å²) >= 11 is 0. The number of nitrogens with one attached hydrogen (secondary N) is 2. The first kappa shape index (κ1) is 23.8. The van der Waals surface area contributed by atoms with Gasteiger partial charge in [0.15, 0.2) is 11.5 Å². The maximum atomic E-state index is 13.2. The number of aryl methyl sites for hydroxylation is 1. The standard InChI is InChI=1S/C25H27N5O5/c1-6-34-24(32)21-14(2)26-25(33)30(22(21)16-7-10-18(11-8-16)29(4)5)28-23(31)17-9-12-20-19(13-17)27-15(3)35-20/h7-13,22H,6H2,1-5H3,(H,26,33)(H,28,31). The van der Waals surface area contributed by atoms with E-state index < -0.39 is 23.9 Å². The number of urea groups is 1. The van der Waals surface area contributed by atoms with E-state index in [1.807, 2.05) is 43.3 Å². The minimum absolute atomic E-state index is 0.166. The highest BCUT2D eigenvalue weighted by molar-refractivity contribution is 5.99. The zero-order valence-electron chi connectivity index (χ0n) is 20.2. The number of carbonyl (C=O) groups excluding carboxylic acids is 3. The molecular weight excluding hydrogens is 450 g/mol. The molecule has 0 saturated heterocycles. The predicted molar refractivity (Wildman–Crippen MR) is 129 cm³/mol. The third-order valence-corrected chi connectivity index (χ3v) is 5.65. The lowest BCUT2D eigenvalue weighted by molar-refractivity contribution is -0.139. The number of benzene rings is 2. The Hall–Kier alpha value is -4.34. The van der Waals surface area contributed by atoms with Gasteiger partial charge in [0.25, 0.3) is 5.91 Å². The Bertz CT molecular complexity index is 1330. The van der Waals surface area contributed by atoms with Crippen molar-refractivity contribution >= 4 is 34.7 Å². The minimum Gasteiger partial charge on any atom is -0.463 e. The van der Waals surface area contributed by atoms with E-state index in [4.69, 9.17) is 9.15 Å². The van der Waals surface area contributed by atoms with Crippen LogP contribution in [-0.4, -0.2) is 48.6 Å². The number of hydrogen-bond acceptors (Lipinski definition) is 7. The van der Waals surface area contributed by atoms with Crippen LogP contribution < -0.4 is 15.6 Å². The Morgan fingerprint density at radius 3 is 2.54 bits per heavy atom. The molecule has 3 aromatic rings. The molecule has 2 heterocycles. The van der Waals surface area contributed by atoms with Crippen molar-refractivity contribution < 1.29 is 23.5 Å². The molecule has 3 amide bonds. The maximum absolute atomic E-state index is 13.2. The van der Waals surface area contributed by atoms with Crippen LogP contribution in [0, 0.1) is 6.92 Å². The van der Waals surface area contributed by atoms with Crippen LogP contribution in [0.3, 0.4) is 0 Å². The number of rotatable bonds is 6. The van der Waals surface area contributed by atoms with Crippen molar-refractivity contribution in [1.82, 2.24) is 20.7 Å². The first-order chi connectivity index (χ1) is 16.7. The van der Waals surface area contributed by atoms with E-state index in [-0.39, 0.29) is 17.7 Å². The van der Waals surface area contributed by atoms with Crippen LogP contribution in [-0.2, 0) is 9.53 Å². The van der Waals surface area contributed by atoms with Crippen molar-refractivity contribution in [3.05, 3.63) is 70.8 Å². The number of allylic oxidation sites excluding steroid dienone is 1. The van der Waals surface area contributed by atoms with Gasteiger partial charge in [0, 0.05) is 38.0 Å². The van der Waals surface area contributed by atoms with Crippen molar-refractivity contribution in [1.29, 1.82) is 0 Å². The summed E-state index contributed by atoms with van der Waals surface area (Å²) in [5.74, 6) is -0.639. The fourth-order valence-corrected chi connectivity index (χ4v) is 3.96. The van der Waals surface area contributed by atoms with Gasteiger partial charge in [-0.25, -0.2) is 19.6 Å². The molecular formula is C25H27N5O5. The molecule has 182 valence electrons. The number of hydrogen-bond donors (Lipinski definition) is 2. The second kappa shape index (κ2) is 9.49. The Morgan fingerprint density at radius 2 is 1.89 bits per heavy atom. The summed E-state index contributed by atoms with van der Waals surface area (Å²) in [7, 11) is 3.83. The van der Waals surface area contributed by atoms with Crippen LogP contribution >= 0.6 is 0 Å². The zero-order chi connectivity index (χ0) is 25.3. The van der Waals surface area contributed by atoms with Crippen molar-refractivity contribution in [2.24, 2.45) is 0 Å². The van der Waals surface area contributed by atoms with Crippen LogP contribution in [0.25, 0.3) is 11.1 Å². The maximum Gasteiger partial charge on any atom is 0.341 e. The molecule has 0 spiro atoms. The van der Waals surface area contributed by atoms with E-state index in [1.54, 1.807) is 39.0 Å². The van der Waals surface area contributed by atoms with Gasteiger partial charge in [0.2, 0.25) is 0 Å². The van der Waals surface area contributed by atoms with Gasteiger partial charge in [-0.1, -0.05) is 12.1 Å². The van der Waals surface area contributed by atoms with E-state index in [9.17, 15) is 14.4 Å². The van der Waals surface area contributed by atoms with Gasteiger partial charge < -0.3 is 19.4 Å². The molecule has 35 heavy (non-hydrogen) atoms. The van der Waals surface area contributed by atoms with Gasteiger partial charge >= 0.3 is 12.0 Å². The molecule has 10 nitrogen and oxygen atoms in total. The number of amides is 3. The molecule has 0 saturated carbocycles. The van der Waals surface area contributed by atoms with Gasteiger partial charge in [-0.15, -0.1) is 0 Å². The summed E-state index contributed by atoms with van der Waals surface area (Å²) in [6, 6.07) is 10.7. The van der Waals surface area contributed by atoms with Crippen LogP contribution in [0.1, 0.15) is 41.7 Å². The molecule has 1 unspecified atom stereocenters. The molecule has 1 atom stereocenters. The highest BCUT2D eigenvalue weighted by Gasteiger charge is 2.39. The lowest BCUT2D eigenvalue weighted by Crippen LogP contribution is -2.56. The molecule has 0 fully saturated rings. The number of esters is 1. The van der Waals surface area contributed by atoms with Crippen molar-refractivity contribution in [2.45, 2.75) is 26.8 Å². The molecule has 2 N–H and O–H groups in total. The highest BCUT2D eigenvalue weighted by atomic mass is 16.5. The first-order valence-corrected chi connectivity index (χ1v) is 11.1. The average molecular weight is 478 g/mol. The van der Waals surface area contributed by atoms with Gasteiger partial charge in [-0.3, -0.25) is 10.2 Å². The fraction of sp³-hybridized carbons (Fsp3) is 0.280. The van der Waals surface area contributed by atoms with Crippen LogP contribution in [0.5, 0.6) is 0 Å². The Balaban J connectivity index is 1.73. The summed E-state index contributed by atoms with van der Waals surface area (Å²) in [4.78, 5) is 45.4. The molecule has 0 bridgehead atoms. The highest BCUT2D eigenvalue weighted by Crippen LogP contribution is 2.34. The topological polar surface area (TPSA) is 117 Å². The number of ether oxygens (including phenoxy) is 1. The van der Waals surface area contributed by atoms with E-state index >= 15 is 0 Å². The lowest BCUT2D eigenvalue weighted by atomic mass is 9.94.